The first-order chi connectivity index (χ1) is 10.1. The molecule has 4 heteroatoms. The second-order valence-electron chi connectivity index (χ2n) is 6.07. The molecule has 0 saturated heterocycles. The minimum atomic E-state index is 0.288. The quantitative estimate of drug-likeness (QED) is 0.851. The SMILES string of the molecule is CC(C)C(N)CCN(C)Cc1ccc(-n2ccnc2)cc1. The number of benzene rings is 1. The number of hydrogen-bond donors (Lipinski definition) is 1. The monoisotopic (exact) mass is 286 g/mol. The summed E-state index contributed by atoms with van der Waals surface area (Å²) < 4.78 is 2.01. The van der Waals surface area contributed by atoms with E-state index in [0.717, 1.165) is 25.2 Å². The summed E-state index contributed by atoms with van der Waals surface area (Å²) in [7, 11) is 2.15. The maximum atomic E-state index is 6.10. The summed E-state index contributed by atoms with van der Waals surface area (Å²) in [4.78, 5) is 6.40. The Kier molecular flexibility index (Phi) is 5.53. The van der Waals surface area contributed by atoms with Crippen LogP contribution in [0.3, 0.4) is 0 Å². The summed E-state index contributed by atoms with van der Waals surface area (Å²) in [6.45, 7) is 6.34. The molecule has 21 heavy (non-hydrogen) atoms. The van der Waals surface area contributed by atoms with Gasteiger partial charge in [-0.25, -0.2) is 4.98 Å². The van der Waals surface area contributed by atoms with Crippen LogP contribution < -0.4 is 5.73 Å². The Morgan fingerprint density at radius 3 is 2.52 bits per heavy atom. The van der Waals surface area contributed by atoms with Gasteiger partial charge in [-0.05, 0) is 43.6 Å². The van der Waals surface area contributed by atoms with E-state index in [1.54, 1.807) is 6.20 Å². The number of aromatic nitrogens is 2. The standard InChI is InChI=1S/C17H26N4/c1-14(2)17(18)8-10-20(3)12-15-4-6-16(7-5-15)21-11-9-19-13-21/h4-7,9,11,13-14,17H,8,10,12,18H2,1-3H3. The molecule has 0 radical (unpaired) electrons. The normalized spacial score (nSPS) is 13.0. The third-order valence-corrected chi connectivity index (χ3v) is 3.89. The fraction of sp³-hybridized carbons (Fsp3) is 0.471. The fourth-order valence-electron chi connectivity index (χ4n) is 2.28. The van der Waals surface area contributed by atoms with Crippen molar-refractivity contribution in [3.8, 4) is 5.69 Å². The molecule has 4 nitrogen and oxygen atoms in total. The molecule has 0 aliphatic rings. The van der Waals surface area contributed by atoms with Crippen LogP contribution in [0.25, 0.3) is 5.69 Å². The van der Waals surface area contributed by atoms with E-state index in [9.17, 15) is 0 Å². The molecule has 2 N–H and O–H groups in total. The lowest BCUT2D eigenvalue weighted by atomic mass is 10.0. The Morgan fingerprint density at radius 1 is 1.24 bits per heavy atom. The van der Waals surface area contributed by atoms with Crippen molar-refractivity contribution in [1.29, 1.82) is 0 Å². The largest absolute Gasteiger partial charge is 0.327 e. The smallest absolute Gasteiger partial charge is 0.0991 e. The summed E-state index contributed by atoms with van der Waals surface area (Å²) in [5, 5.41) is 0. The van der Waals surface area contributed by atoms with Gasteiger partial charge in [-0.15, -0.1) is 0 Å². The van der Waals surface area contributed by atoms with Gasteiger partial charge >= 0.3 is 0 Å². The van der Waals surface area contributed by atoms with Gasteiger partial charge < -0.3 is 15.2 Å². The van der Waals surface area contributed by atoms with Crippen LogP contribution in [0.5, 0.6) is 0 Å². The first kappa shape index (κ1) is 15.7. The molecule has 0 fully saturated rings. The number of nitrogens with two attached hydrogens (primary N) is 1. The Labute approximate surface area is 127 Å². The van der Waals surface area contributed by atoms with Gasteiger partial charge in [0, 0.05) is 30.7 Å². The second kappa shape index (κ2) is 7.38. The molecule has 2 aromatic rings. The highest BCUT2D eigenvalue weighted by Crippen LogP contribution is 2.11. The van der Waals surface area contributed by atoms with Gasteiger partial charge in [0.2, 0.25) is 0 Å². The first-order valence-corrected chi connectivity index (χ1v) is 7.57. The van der Waals surface area contributed by atoms with E-state index >= 15 is 0 Å². The van der Waals surface area contributed by atoms with Gasteiger partial charge in [-0.1, -0.05) is 26.0 Å². The van der Waals surface area contributed by atoms with Crippen molar-refractivity contribution in [2.75, 3.05) is 13.6 Å². The van der Waals surface area contributed by atoms with Crippen molar-refractivity contribution < 1.29 is 0 Å². The minimum absolute atomic E-state index is 0.288. The number of rotatable bonds is 7. The van der Waals surface area contributed by atoms with Crippen molar-refractivity contribution in [2.24, 2.45) is 11.7 Å². The van der Waals surface area contributed by atoms with E-state index in [1.807, 2.05) is 17.1 Å². The molecule has 1 atom stereocenters. The van der Waals surface area contributed by atoms with E-state index in [4.69, 9.17) is 5.73 Å². The van der Waals surface area contributed by atoms with Gasteiger partial charge in [-0.3, -0.25) is 0 Å². The van der Waals surface area contributed by atoms with Crippen LogP contribution in [0, 0.1) is 5.92 Å². The highest BCUT2D eigenvalue weighted by atomic mass is 15.1. The predicted molar refractivity (Wildman–Crippen MR) is 87.3 cm³/mol. The van der Waals surface area contributed by atoms with Crippen LogP contribution in [-0.4, -0.2) is 34.1 Å². The maximum Gasteiger partial charge on any atom is 0.0991 e. The molecule has 0 aliphatic carbocycles. The van der Waals surface area contributed by atoms with Crippen molar-refractivity contribution >= 4 is 0 Å². The summed E-state index contributed by atoms with van der Waals surface area (Å²) in [6, 6.07) is 8.90. The van der Waals surface area contributed by atoms with Crippen LogP contribution >= 0.6 is 0 Å². The highest BCUT2D eigenvalue weighted by Gasteiger charge is 2.09. The molecule has 1 unspecified atom stereocenters. The molecular formula is C17H26N4. The van der Waals surface area contributed by atoms with E-state index in [-0.39, 0.29) is 6.04 Å². The van der Waals surface area contributed by atoms with Crippen LogP contribution in [0.1, 0.15) is 25.8 Å². The lowest BCUT2D eigenvalue weighted by molar-refractivity contribution is 0.296. The molecule has 0 bridgehead atoms. The molecule has 0 aliphatic heterocycles. The van der Waals surface area contributed by atoms with Gasteiger partial charge in [0.1, 0.15) is 0 Å². The van der Waals surface area contributed by atoms with Crippen LogP contribution in [0.15, 0.2) is 43.0 Å². The molecular weight excluding hydrogens is 260 g/mol. The molecule has 1 heterocycles. The van der Waals surface area contributed by atoms with Crippen molar-refractivity contribution in [3.05, 3.63) is 48.5 Å². The first-order valence-electron chi connectivity index (χ1n) is 7.57. The zero-order chi connectivity index (χ0) is 15.2. The zero-order valence-corrected chi connectivity index (χ0v) is 13.2. The van der Waals surface area contributed by atoms with Gasteiger partial charge in [-0.2, -0.15) is 0 Å². The topological polar surface area (TPSA) is 47.1 Å². The van der Waals surface area contributed by atoms with Crippen LogP contribution in [0.2, 0.25) is 0 Å². The molecule has 1 aromatic heterocycles. The average molecular weight is 286 g/mol. The number of nitrogens with zero attached hydrogens (tertiary/aromatic N) is 3. The number of hydrogen-bond acceptors (Lipinski definition) is 3. The Balaban J connectivity index is 1.85. The van der Waals surface area contributed by atoms with Gasteiger partial charge in [0.25, 0.3) is 0 Å². The maximum absolute atomic E-state index is 6.10. The lowest BCUT2D eigenvalue weighted by Gasteiger charge is -2.21. The zero-order valence-electron chi connectivity index (χ0n) is 13.2. The van der Waals surface area contributed by atoms with E-state index in [1.165, 1.54) is 5.56 Å². The average Bonchev–Trinajstić information content (AvgIpc) is 2.99. The predicted octanol–water partition coefficient (Wildman–Crippen LogP) is 2.68. The third-order valence-electron chi connectivity index (χ3n) is 3.89. The molecule has 0 amide bonds. The molecule has 2 rings (SSSR count). The minimum Gasteiger partial charge on any atom is -0.327 e. The van der Waals surface area contributed by atoms with Gasteiger partial charge in [0.15, 0.2) is 0 Å². The van der Waals surface area contributed by atoms with E-state index < -0.39 is 0 Å². The Hall–Kier alpha value is -1.65. The van der Waals surface area contributed by atoms with Crippen molar-refractivity contribution in [3.63, 3.8) is 0 Å². The highest BCUT2D eigenvalue weighted by molar-refractivity contribution is 5.34. The van der Waals surface area contributed by atoms with Crippen molar-refractivity contribution in [1.82, 2.24) is 14.5 Å². The fourth-order valence-corrected chi connectivity index (χ4v) is 2.28. The lowest BCUT2D eigenvalue weighted by Crippen LogP contribution is -2.31. The summed E-state index contributed by atoms with van der Waals surface area (Å²) in [5.41, 5.74) is 8.56. The molecule has 114 valence electrons. The second-order valence-corrected chi connectivity index (χ2v) is 6.07. The Morgan fingerprint density at radius 2 is 1.95 bits per heavy atom. The summed E-state index contributed by atoms with van der Waals surface area (Å²) in [5.74, 6) is 0.549. The van der Waals surface area contributed by atoms with E-state index in [0.29, 0.717) is 5.92 Å². The van der Waals surface area contributed by atoms with E-state index in [2.05, 4.69) is 55.0 Å². The summed E-state index contributed by atoms with van der Waals surface area (Å²) >= 11 is 0. The third kappa shape index (κ3) is 4.69. The van der Waals surface area contributed by atoms with Crippen molar-refractivity contribution in [2.45, 2.75) is 32.9 Å². The molecule has 0 spiro atoms. The van der Waals surface area contributed by atoms with Gasteiger partial charge in [0.05, 0.1) is 6.33 Å². The number of imidazole rings is 1. The van der Waals surface area contributed by atoms with Crippen LogP contribution in [0.4, 0.5) is 0 Å². The molecule has 0 saturated carbocycles. The molecule has 1 aromatic carbocycles. The summed E-state index contributed by atoms with van der Waals surface area (Å²) in [6.07, 6.45) is 6.60. The van der Waals surface area contributed by atoms with Crippen LogP contribution in [-0.2, 0) is 6.54 Å². The Bertz CT molecular complexity index is 516.